The molecule has 2 aromatic heterocycles. The third kappa shape index (κ3) is 3.43. The van der Waals surface area contributed by atoms with Crippen molar-refractivity contribution in [2.45, 2.75) is 30.8 Å². The SMILES string of the molecule is CC(C)n1c(SCc2ccnc(C(N)=NO)c2)n[nH]c1=O. The quantitative estimate of drug-likeness (QED) is 0.248. The lowest BCUT2D eigenvalue weighted by atomic mass is 10.2. The standard InChI is InChI=1S/C12H16N6O2S/c1-7(2)18-11(19)15-16-12(18)21-6-8-3-4-14-9(5-8)10(13)17-20/h3-5,7,20H,6H2,1-2H3,(H2,13,17)(H,15,19). The molecule has 0 saturated heterocycles. The van der Waals surface area contributed by atoms with Crippen LogP contribution in [-0.4, -0.2) is 30.8 Å². The molecule has 9 heteroatoms. The van der Waals surface area contributed by atoms with Crippen LogP contribution >= 0.6 is 11.8 Å². The minimum atomic E-state index is -0.223. The van der Waals surface area contributed by atoms with Crippen molar-refractivity contribution in [3.05, 3.63) is 40.1 Å². The van der Waals surface area contributed by atoms with E-state index in [9.17, 15) is 4.79 Å². The van der Waals surface area contributed by atoms with Gasteiger partial charge in [0.15, 0.2) is 11.0 Å². The Bertz CT molecular complexity index is 706. The van der Waals surface area contributed by atoms with Gasteiger partial charge in [-0.2, -0.15) is 0 Å². The van der Waals surface area contributed by atoms with Crippen molar-refractivity contribution < 1.29 is 5.21 Å². The molecular formula is C12H16N6O2S. The van der Waals surface area contributed by atoms with Gasteiger partial charge in [0.25, 0.3) is 0 Å². The molecule has 0 unspecified atom stereocenters. The van der Waals surface area contributed by atoms with Gasteiger partial charge in [-0.05, 0) is 31.5 Å². The highest BCUT2D eigenvalue weighted by atomic mass is 32.2. The zero-order valence-electron chi connectivity index (χ0n) is 11.6. The minimum absolute atomic E-state index is 0.0314. The molecule has 2 aromatic rings. The second kappa shape index (κ2) is 6.44. The topological polar surface area (TPSA) is 122 Å². The Balaban J connectivity index is 2.16. The maximum absolute atomic E-state index is 11.6. The summed E-state index contributed by atoms with van der Waals surface area (Å²) in [7, 11) is 0. The molecule has 2 heterocycles. The van der Waals surface area contributed by atoms with E-state index >= 15 is 0 Å². The normalized spacial score (nSPS) is 12.0. The van der Waals surface area contributed by atoms with Crippen molar-refractivity contribution in [2.75, 3.05) is 0 Å². The molecule has 2 rings (SSSR count). The largest absolute Gasteiger partial charge is 0.409 e. The average molecular weight is 308 g/mol. The average Bonchev–Trinajstić information content (AvgIpc) is 2.85. The number of aromatic nitrogens is 4. The minimum Gasteiger partial charge on any atom is -0.409 e. The van der Waals surface area contributed by atoms with Gasteiger partial charge in [-0.3, -0.25) is 9.55 Å². The first-order valence-electron chi connectivity index (χ1n) is 6.25. The Labute approximate surface area is 125 Å². The Morgan fingerprint density at radius 3 is 3.05 bits per heavy atom. The van der Waals surface area contributed by atoms with E-state index in [1.807, 2.05) is 19.9 Å². The lowest BCUT2D eigenvalue weighted by Gasteiger charge is -2.08. The van der Waals surface area contributed by atoms with Crippen molar-refractivity contribution in [1.82, 2.24) is 19.7 Å². The van der Waals surface area contributed by atoms with Gasteiger partial charge in [0.1, 0.15) is 5.69 Å². The van der Waals surface area contributed by atoms with Crippen LogP contribution in [0.15, 0.2) is 33.4 Å². The molecule has 0 saturated carbocycles. The van der Waals surface area contributed by atoms with Crippen LogP contribution < -0.4 is 11.4 Å². The summed E-state index contributed by atoms with van der Waals surface area (Å²) in [6.07, 6.45) is 1.59. The van der Waals surface area contributed by atoms with E-state index in [4.69, 9.17) is 10.9 Å². The van der Waals surface area contributed by atoms with Gasteiger partial charge in [0.2, 0.25) is 0 Å². The van der Waals surface area contributed by atoms with Crippen LogP contribution in [0.1, 0.15) is 31.1 Å². The molecular weight excluding hydrogens is 292 g/mol. The van der Waals surface area contributed by atoms with Gasteiger partial charge in [0.05, 0.1) is 0 Å². The van der Waals surface area contributed by atoms with Gasteiger partial charge >= 0.3 is 5.69 Å². The zero-order chi connectivity index (χ0) is 15.4. The van der Waals surface area contributed by atoms with E-state index in [2.05, 4.69) is 20.3 Å². The van der Waals surface area contributed by atoms with E-state index < -0.39 is 0 Å². The number of thioether (sulfide) groups is 1. The predicted molar refractivity (Wildman–Crippen MR) is 79.5 cm³/mol. The summed E-state index contributed by atoms with van der Waals surface area (Å²) >= 11 is 1.43. The lowest BCUT2D eigenvalue weighted by Crippen LogP contribution is -2.19. The molecule has 0 aliphatic rings. The molecule has 0 atom stereocenters. The molecule has 8 nitrogen and oxygen atoms in total. The number of nitrogens with zero attached hydrogens (tertiary/aromatic N) is 4. The number of hydrogen-bond acceptors (Lipinski definition) is 6. The van der Waals surface area contributed by atoms with E-state index in [1.165, 1.54) is 11.8 Å². The van der Waals surface area contributed by atoms with Crippen LogP contribution in [0.4, 0.5) is 0 Å². The summed E-state index contributed by atoms with van der Waals surface area (Å²) in [5.41, 5.74) is 6.62. The maximum Gasteiger partial charge on any atom is 0.344 e. The highest BCUT2D eigenvalue weighted by Crippen LogP contribution is 2.21. The van der Waals surface area contributed by atoms with Crippen molar-refractivity contribution >= 4 is 17.6 Å². The molecule has 0 amide bonds. The van der Waals surface area contributed by atoms with Gasteiger partial charge in [-0.1, -0.05) is 16.9 Å². The third-order valence-corrected chi connectivity index (χ3v) is 3.77. The highest BCUT2D eigenvalue weighted by molar-refractivity contribution is 7.98. The molecule has 0 spiro atoms. The van der Waals surface area contributed by atoms with Crippen molar-refractivity contribution in [1.29, 1.82) is 0 Å². The van der Waals surface area contributed by atoms with Crippen molar-refractivity contribution in [3.63, 3.8) is 0 Å². The number of pyridine rings is 1. The van der Waals surface area contributed by atoms with Crippen LogP contribution in [0, 0.1) is 0 Å². The van der Waals surface area contributed by atoms with Gasteiger partial charge < -0.3 is 10.9 Å². The molecule has 0 fully saturated rings. The summed E-state index contributed by atoms with van der Waals surface area (Å²) in [6, 6.07) is 3.59. The fourth-order valence-electron chi connectivity index (χ4n) is 1.75. The van der Waals surface area contributed by atoms with E-state index in [-0.39, 0.29) is 17.6 Å². The number of nitrogens with one attached hydrogen (secondary N) is 1. The molecule has 112 valence electrons. The van der Waals surface area contributed by atoms with Crippen LogP contribution in [0.3, 0.4) is 0 Å². The zero-order valence-corrected chi connectivity index (χ0v) is 12.5. The van der Waals surface area contributed by atoms with E-state index in [0.717, 1.165) is 5.56 Å². The predicted octanol–water partition coefficient (Wildman–Crippen LogP) is 0.934. The van der Waals surface area contributed by atoms with Crippen LogP contribution in [0.25, 0.3) is 0 Å². The smallest absolute Gasteiger partial charge is 0.344 e. The lowest BCUT2D eigenvalue weighted by molar-refractivity contribution is 0.318. The molecule has 0 bridgehead atoms. The number of rotatable bonds is 5. The second-order valence-electron chi connectivity index (χ2n) is 4.60. The first-order chi connectivity index (χ1) is 10.0. The van der Waals surface area contributed by atoms with Crippen LogP contribution in [0.2, 0.25) is 0 Å². The summed E-state index contributed by atoms with van der Waals surface area (Å²) in [4.78, 5) is 15.6. The second-order valence-corrected chi connectivity index (χ2v) is 5.54. The highest BCUT2D eigenvalue weighted by Gasteiger charge is 2.12. The molecule has 0 radical (unpaired) electrons. The molecule has 0 aromatic carbocycles. The molecule has 0 aliphatic heterocycles. The van der Waals surface area contributed by atoms with Gasteiger partial charge in [0, 0.05) is 18.0 Å². The van der Waals surface area contributed by atoms with Crippen LogP contribution in [0.5, 0.6) is 0 Å². The molecule has 21 heavy (non-hydrogen) atoms. The summed E-state index contributed by atoms with van der Waals surface area (Å²) in [5, 5.41) is 18.7. The third-order valence-electron chi connectivity index (χ3n) is 2.75. The van der Waals surface area contributed by atoms with Crippen molar-refractivity contribution in [3.8, 4) is 0 Å². The number of H-pyrrole nitrogens is 1. The van der Waals surface area contributed by atoms with E-state index in [0.29, 0.717) is 16.6 Å². The molecule has 0 aliphatic carbocycles. The first kappa shape index (κ1) is 15.1. The fraction of sp³-hybridized carbons (Fsp3) is 0.333. The number of amidine groups is 1. The summed E-state index contributed by atoms with van der Waals surface area (Å²) < 4.78 is 1.59. The Hall–Kier alpha value is -2.29. The number of nitrogens with two attached hydrogens (primary N) is 1. The summed E-state index contributed by atoms with van der Waals surface area (Å²) in [5.74, 6) is 0.548. The Morgan fingerprint density at radius 2 is 2.38 bits per heavy atom. The van der Waals surface area contributed by atoms with Crippen LogP contribution in [-0.2, 0) is 5.75 Å². The maximum atomic E-state index is 11.6. The monoisotopic (exact) mass is 308 g/mol. The molecule has 4 N–H and O–H groups in total. The number of aromatic amines is 1. The number of hydrogen-bond donors (Lipinski definition) is 3. The van der Waals surface area contributed by atoms with Gasteiger partial charge in [-0.15, -0.1) is 5.10 Å². The van der Waals surface area contributed by atoms with Crippen molar-refractivity contribution in [2.24, 2.45) is 10.9 Å². The fourth-order valence-corrected chi connectivity index (χ4v) is 2.77. The first-order valence-corrected chi connectivity index (χ1v) is 7.24. The Morgan fingerprint density at radius 1 is 1.62 bits per heavy atom. The Kier molecular flexibility index (Phi) is 4.63. The van der Waals surface area contributed by atoms with E-state index in [1.54, 1.807) is 16.8 Å². The summed E-state index contributed by atoms with van der Waals surface area (Å²) in [6.45, 7) is 3.84. The number of oxime groups is 1. The van der Waals surface area contributed by atoms with Gasteiger partial charge in [-0.25, -0.2) is 9.89 Å².